The van der Waals surface area contributed by atoms with E-state index in [-0.39, 0.29) is 5.75 Å². The predicted molar refractivity (Wildman–Crippen MR) is 66.7 cm³/mol. The van der Waals surface area contributed by atoms with E-state index in [0.717, 1.165) is 17.7 Å². The van der Waals surface area contributed by atoms with E-state index in [9.17, 15) is 5.11 Å². The lowest BCUT2D eigenvalue weighted by molar-refractivity contribution is 0.475. The largest absolute Gasteiger partial charge is 0.508 e. The summed E-state index contributed by atoms with van der Waals surface area (Å²) in [5.41, 5.74) is 8.82. The van der Waals surface area contributed by atoms with Crippen LogP contribution in [0.5, 0.6) is 5.75 Å². The topological polar surface area (TPSA) is 59.1 Å². The number of aromatic hydroxyl groups is 1. The lowest BCUT2D eigenvalue weighted by atomic mass is 10.1. The standard InChI is InChI=1S/C14H14N2O/c15-13-7-12(13)10-4-5-14(16-8-10)9-2-1-3-11(17)6-9/h1-6,8,12-13,17H,7,15H2. The van der Waals surface area contributed by atoms with Crippen molar-refractivity contribution in [3.8, 4) is 17.0 Å². The Hall–Kier alpha value is -1.87. The molecule has 0 bridgehead atoms. The molecule has 2 aromatic rings. The number of hydrogen-bond donors (Lipinski definition) is 2. The van der Waals surface area contributed by atoms with Crippen LogP contribution in [0.15, 0.2) is 42.6 Å². The van der Waals surface area contributed by atoms with Gasteiger partial charge in [-0.2, -0.15) is 0 Å². The lowest BCUT2D eigenvalue weighted by Gasteiger charge is -2.03. The molecule has 1 saturated carbocycles. The Bertz CT molecular complexity index is 536. The van der Waals surface area contributed by atoms with Crippen LogP contribution in [-0.4, -0.2) is 16.1 Å². The van der Waals surface area contributed by atoms with E-state index in [4.69, 9.17) is 5.73 Å². The van der Waals surface area contributed by atoms with Crippen molar-refractivity contribution in [2.75, 3.05) is 0 Å². The van der Waals surface area contributed by atoms with Gasteiger partial charge in [0.15, 0.2) is 0 Å². The number of rotatable bonds is 2. The maximum absolute atomic E-state index is 9.42. The molecule has 0 aliphatic heterocycles. The molecule has 3 nitrogen and oxygen atoms in total. The molecule has 3 rings (SSSR count). The highest BCUT2D eigenvalue weighted by Crippen LogP contribution is 2.38. The molecule has 3 N–H and O–H groups in total. The fourth-order valence-electron chi connectivity index (χ4n) is 2.06. The number of benzene rings is 1. The summed E-state index contributed by atoms with van der Waals surface area (Å²) in [6, 6.07) is 11.5. The molecule has 1 fully saturated rings. The molecule has 1 aromatic heterocycles. The van der Waals surface area contributed by atoms with Crippen molar-refractivity contribution >= 4 is 0 Å². The summed E-state index contributed by atoms with van der Waals surface area (Å²) in [5.74, 6) is 0.748. The average molecular weight is 226 g/mol. The van der Waals surface area contributed by atoms with E-state index in [2.05, 4.69) is 11.1 Å². The first-order chi connectivity index (χ1) is 8.24. The minimum absolute atomic E-state index is 0.262. The molecule has 2 unspecified atom stereocenters. The third kappa shape index (κ3) is 2.01. The molecule has 3 heteroatoms. The van der Waals surface area contributed by atoms with E-state index in [1.165, 1.54) is 5.56 Å². The third-order valence-electron chi connectivity index (χ3n) is 3.20. The zero-order valence-corrected chi connectivity index (χ0v) is 9.38. The second-order valence-electron chi connectivity index (χ2n) is 4.53. The first kappa shape index (κ1) is 10.3. The monoisotopic (exact) mass is 226 g/mol. The molecule has 1 aliphatic rings. The quantitative estimate of drug-likeness (QED) is 0.825. The molecule has 17 heavy (non-hydrogen) atoms. The van der Waals surface area contributed by atoms with Crippen LogP contribution in [0, 0.1) is 0 Å². The first-order valence-corrected chi connectivity index (χ1v) is 5.75. The minimum atomic E-state index is 0.262. The molecule has 2 atom stereocenters. The molecule has 0 spiro atoms. The normalized spacial score (nSPS) is 22.4. The number of nitrogens with zero attached hydrogens (tertiary/aromatic N) is 1. The van der Waals surface area contributed by atoms with Crippen LogP contribution < -0.4 is 5.73 Å². The molecule has 1 aromatic carbocycles. The van der Waals surface area contributed by atoms with Gasteiger partial charge in [-0.3, -0.25) is 4.98 Å². The van der Waals surface area contributed by atoms with Crippen molar-refractivity contribution in [2.24, 2.45) is 5.73 Å². The van der Waals surface area contributed by atoms with Gasteiger partial charge in [0.05, 0.1) is 5.69 Å². The van der Waals surface area contributed by atoms with Gasteiger partial charge < -0.3 is 10.8 Å². The number of nitrogens with two attached hydrogens (primary N) is 1. The van der Waals surface area contributed by atoms with E-state index < -0.39 is 0 Å². The number of aromatic nitrogens is 1. The van der Waals surface area contributed by atoms with Crippen molar-refractivity contribution in [2.45, 2.75) is 18.4 Å². The molecular formula is C14H14N2O. The molecule has 1 aliphatic carbocycles. The van der Waals surface area contributed by atoms with Crippen LogP contribution in [0.3, 0.4) is 0 Å². The van der Waals surface area contributed by atoms with Crippen molar-refractivity contribution in [3.63, 3.8) is 0 Å². The fourth-order valence-corrected chi connectivity index (χ4v) is 2.06. The summed E-state index contributed by atoms with van der Waals surface area (Å²) in [4.78, 5) is 4.42. The van der Waals surface area contributed by atoms with E-state index in [0.29, 0.717) is 12.0 Å². The van der Waals surface area contributed by atoms with Crippen LogP contribution in [-0.2, 0) is 0 Å². The Morgan fingerprint density at radius 1 is 1.24 bits per heavy atom. The molecule has 0 radical (unpaired) electrons. The van der Waals surface area contributed by atoms with Gasteiger partial charge in [-0.05, 0) is 30.2 Å². The van der Waals surface area contributed by atoms with Gasteiger partial charge >= 0.3 is 0 Å². The zero-order valence-electron chi connectivity index (χ0n) is 9.38. The molecule has 86 valence electrons. The molecule has 1 heterocycles. The van der Waals surface area contributed by atoms with Crippen LogP contribution in [0.1, 0.15) is 17.9 Å². The van der Waals surface area contributed by atoms with Gasteiger partial charge in [0.1, 0.15) is 5.75 Å². The highest BCUT2D eigenvalue weighted by molar-refractivity contribution is 5.61. The van der Waals surface area contributed by atoms with Crippen molar-refractivity contribution in [1.29, 1.82) is 0 Å². The van der Waals surface area contributed by atoms with Crippen molar-refractivity contribution in [1.82, 2.24) is 4.98 Å². The SMILES string of the molecule is NC1CC1c1ccc(-c2cccc(O)c2)nc1. The molecule has 0 amide bonds. The minimum Gasteiger partial charge on any atom is -0.508 e. The highest BCUT2D eigenvalue weighted by Gasteiger charge is 2.34. The second kappa shape index (κ2) is 3.86. The fraction of sp³-hybridized carbons (Fsp3) is 0.214. The smallest absolute Gasteiger partial charge is 0.116 e. The Balaban J connectivity index is 1.89. The van der Waals surface area contributed by atoms with Crippen LogP contribution >= 0.6 is 0 Å². The van der Waals surface area contributed by atoms with E-state index >= 15 is 0 Å². The highest BCUT2D eigenvalue weighted by atomic mass is 16.3. The van der Waals surface area contributed by atoms with Crippen LogP contribution in [0.2, 0.25) is 0 Å². The average Bonchev–Trinajstić information content (AvgIpc) is 3.07. The summed E-state index contributed by atoms with van der Waals surface area (Å²) in [6.45, 7) is 0. The Labute approximate surface area is 99.9 Å². The Morgan fingerprint density at radius 3 is 2.65 bits per heavy atom. The summed E-state index contributed by atoms with van der Waals surface area (Å²) < 4.78 is 0. The van der Waals surface area contributed by atoms with Crippen LogP contribution in [0.25, 0.3) is 11.3 Å². The number of phenolic OH excluding ortho intramolecular Hbond substituents is 1. The van der Waals surface area contributed by atoms with Gasteiger partial charge in [0, 0.05) is 23.7 Å². The van der Waals surface area contributed by atoms with Gasteiger partial charge in [-0.1, -0.05) is 18.2 Å². The maximum Gasteiger partial charge on any atom is 0.116 e. The predicted octanol–water partition coefficient (Wildman–Crippen LogP) is 2.27. The Kier molecular flexibility index (Phi) is 2.34. The van der Waals surface area contributed by atoms with Crippen molar-refractivity contribution in [3.05, 3.63) is 48.2 Å². The van der Waals surface area contributed by atoms with Crippen LogP contribution in [0.4, 0.5) is 0 Å². The first-order valence-electron chi connectivity index (χ1n) is 5.75. The molecular weight excluding hydrogens is 212 g/mol. The summed E-state index contributed by atoms with van der Waals surface area (Å²) >= 11 is 0. The summed E-state index contributed by atoms with van der Waals surface area (Å²) in [7, 11) is 0. The van der Waals surface area contributed by atoms with Gasteiger partial charge in [0.25, 0.3) is 0 Å². The van der Waals surface area contributed by atoms with Gasteiger partial charge in [-0.15, -0.1) is 0 Å². The van der Waals surface area contributed by atoms with Crippen molar-refractivity contribution < 1.29 is 5.11 Å². The summed E-state index contributed by atoms with van der Waals surface area (Å²) in [6.07, 6.45) is 2.95. The lowest BCUT2D eigenvalue weighted by Crippen LogP contribution is -2.01. The van der Waals surface area contributed by atoms with E-state index in [1.807, 2.05) is 24.4 Å². The summed E-state index contributed by atoms with van der Waals surface area (Å²) in [5, 5.41) is 9.42. The number of hydrogen-bond acceptors (Lipinski definition) is 3. The Morgan fingerprint density at radius 2 is 2.06 bits per heavy atom. The second-order valence-corrected chi connectivity index (χ2v) is 4.53. The third-order valence-corrected chi connectivity index (χ3v) is 3.20. The van der Waals surface area contributed by atoms with Gasteiger partial charge in [0.2, 0.25) is 0 Å². The maximum atomic E-state index is 9.42. The molecule has 0 saturated heterocycles. The number of pyridine rings is 1. The van der Waals surface area contributed by atoms with Gasteiger partial charge in [-0.25, -0.2) is 0 Å². The number of phenols is 1. The zero-order chi connectivity index (χ0) is 11.8. The van der Waals surface area contributed by atoms with E-state index in [1.54, 1.807) is 12.1 Å².